The number of rotatable bonds is 4. The number of carbonyl (C=O) groups is 2. The average molecular weight is 370 g/mol. The Bertz CT molecular complexity index is 740. The zero-order valence-corrected chi connectivity index (χ0v) is 14.9. The van der Waals surface area contributed by atoms with Crippen molar-refractivity contribution in [2.24, 2.45) is 23.7 Å². The van der Waals surface area contributed by atoms with E-state index < -0.39 is 24.1 Å². The summed E-state index contributed by atoms with van der Waals surface area (Å²) in [5.74, 6) is 0.951. The summed E-state index contributed by atoms with van der Waals surface area (Å²) in [4.78, 5) is 25.0. The molecule has 6 heteroatoms. The van der Waals surface area contributed by atoms with E-state index in [0.717, 1.165) is 6.42 Å². The summed E-state index contributed by atoms with van der Waals surface area (Å²) in [6.07, 6.45) is 7.77. The summed E-state index contributed by atoms with van der Waals surface area (Å²) in [5, 5.41) is 0. The molecule has 2 bridgehead atoms. The first-order valence-corrected chi connectivity index (χ1v) is 9.71. The molecule has 2 heterocycles. The number of ether oxygens (including phenoxy) is 2. The average Bonchev–Trinajstić information content (AvgIpc) is 3.46. The Morgan fingerprint density at radius 3 is 1.67 bits per heavy atom. The Morgan fingerprint density at radius 1 is 0.778 bits per heavy atom. The largest absolute Gasteiger partial charge is 0.457 e. The number of fused-ring (bicyclic) bond motifs is 5. The molecule has 0 radical (unpaired) electrons. The third-order valence-corrected chi connectivity index (χ3v) is 6.62. The Hall–Kier alpha value is -2.50. The molecule has 5 rings (SSSR count). The van der Waals surface area contributed by atoms with Gasteiger partial charge in [0.05, 0.1) is 12.5 Å². The van der Waals surface area contributed by atoms with Crippen molar-refractivity contribution in [3.8, 4) is 0 Å². The lowest BCUT2D eigenvalue weighted by molar-refractivity contribution is -0.0889. The second-order valence-corrected chi connectivity index (χ2v) is 7.87. The van der Waals surface area contributed by atoms with Gasteiger partial charge in [0.1, 0.15) is 12.2 Å². The lowest BCUT2D eigenvalue weighted by Gasteiger charge is -2.42. The van der Waals surface area contributed by atoms with Gasteiger partial charge >= 0.3 is 11.9 Å². The smallest absolute Gasteiger partial charge is 0.374 e. The molecule has 3 fully saturated rings. The SMILES string of the molecule is O=C(OC1C2CC(C3CCCCC32)C1OC(=O)c1ccco1)c1ccco1. The Balaban J connectivity index is 1.39. The lowest BCUT2D eigenvalue weighted by atomic mass is 9.69. The molecule has 3 saturated carbocycles. The molecule has 0 N–H and O–H groups in total. The zero-order chi connectivity index (χ0) is 18.4. The number of furan rings is 2. The van der Waals surface area contributed by atoms with E-state index in [1.54, 1.807) is 24.3 Å². The van der Waals surface area contributed by atoms with Crippen LogP contribution in [0.4, 0.5) is 0 Å². The minimum atomic E-state index is -0.496. The fourth-order valence-corrected chi connectivity index (χ4v) is 5.62. The van der Waals surface area contributed by atoms with E-state index in [-0.39, 0.29) is 23.4 Å². The van der Waals surface area contributed by atoms with E-state index in [0.29, 0.717) is 11.8 Å². The van der Waals surface area contributed by atoms with Crippen LogP contribution < -0.4 is 0 Å². The third-order valence-electron chi connectivity index (χ3n) is 6.62. The standard InChI is InChI=1S/C21H22O6/c22-20(16-7-3-9-24-16)26-18-14-11-15(13-6-2-1-5-12(13)14)19(18)27-21(23)17-8-4-10-25-17/h3-4,7-10,12-15,18-19H,1-2,5-6,11H2. The van der Waals surface area contributed by atoms with Crippen molar-refractivity contribution in [3.63, 3.8) is 0 Å². The first-order chi connectivity index (χ1) is 13.2. The molecule has 3 aliphatic carbocycles. The van der Waals surface area contributed by atoms with Crippen molar-refractivity contribution in [3.05, 3.63) is 48.3 Å². The van der Waals surface area contributed by atoms with Gasteiger partial charge in [-0.2, -0.15) is 0 Å². The molecule has 0 spiro atoms. The van der Waals surface area contributed by atoms with Gasteiger partial charge in [-0.15, -0.1) is 0 Å². The van der Waals surface area contributed by atoms with Gasteiger partial charge in [0.15, 0.2) is 0 Å². The van der Waals surface area contributed by atoms with Crippen LogP contribution in [0.5, 0.6) is 0 Å². The maximum Gasteiger partial charge on any atom is 0.374 e. The molecule has 6 nitrogen and oxygen atoms in total. The van der Waals surface area contributed by atoms with Crippen LogP contribution in [0.1, 0.15) is 53.2 Å². The lowest BCUT2D eigenvalue weighted by Crippen LogP contribution is -2.47. The van der Waals surface area contributed by atoms with Crippen LogP contribution in [-0.2, 0) is 9.47 Å². The van der Waals surface area contributed by atoms with Gasteiger partial charge in [0, 0.05) is 11.8 Å². The summed E-state index contributed by atoms with van der Waals surface area (Å²) in [6.45, 7) is 0. The molecule has 142 valence electrons. The molecule has 3 aliphatic rings. The monoisotopic (exact) mass is 370 g/mol. The maximum atomic E-state index is 12.5. The van der Waals surface area contributed by atoms with Crippen LogP contribution in [-0.4, -0.2) is 24.1 Å². The molecule has 0 aliphatic heterocycles. The van der Waals surface area contributed by atoms with Crippen LogP contribution in [0.3, 0.4) is 0 Å². The van der Waals surface area contributed by atoms with Crippen LogP contribution in [0.15, 0.2) is 45.6 Å². The Morgan fingerprint density at radius 2 is 1.26 bits per heavy atom. The number of carbonyl (C=O) groups excluding carboxylic acids is 2. The molecule has 0 amide bonds. The van der Waals surface area contributed by atoms with Crippen molar-refractivity contribution in [2.75, 3.05) is 0 Å². The predicted octanol–water partition coefficient (Wildman–Crippen LogP) is 4.08. The molecule has 0 saturated heterocycles. The normalized spacial score (nSPS) is 34.2. The second-order valence-electron chi connectivity index (χ2n) is 7.87. The minimum absolute atomic E-state index is 0.175. The van der Waals surface area contributed by atoms with Crippen molar-refractivity contribution >= 4 is 11.9 Å². The molecule has 27 heavy (non-hydrogen) atoms. The summed E-state index contributed by atoms with van der Waals surface area (Å²) >= 11 is 0. The van der Waals surface area contributed by atoms with Crippen LogP contribution >= 0.6 is 0 Å². The van der Waals surface area contributed by atoms with Gasteiger partial charge in [-0.3, -0.25) is 0 Å². The third kappa shape index (κ3) is 2.78. The quantitative estimate of drug-likeness (QED) is 0.755. The molecule has 6 unspecified atom stereocenters. The molecular formula is C21H22O6. The van der Waals surface area contributed by atoms with Gasteiger partial charge in [-0.25, -0.2) is 9.59 Å². The van der Waals surface area contributed by atoms with Gasteiger partial charge in [-0.1, -0.05) is 12.8 Å². The van der Waals surface area contributed by atoms with Crippen molar-refractivity contribution in [1.29, 1.82) is 0 Å². The van der Waals surface area contributed by atoms with E-state index >= 15 is 0 Å². The van der Waals surface area contributed by atoms with Crippen molar-refractivity contribution < 1.29 is 27.9 Å². The molecule has 2 aromatic heterocycles. The summed E-state index contributed by atoms with van der Waals surface area (Å²) in [7, 11) is 0. The summed E-state index contributed by atoms with van der Waals surface area (Å²) in [5.41, 5.74) is 0. The zero-order valence-electron chi connectivity index (χ0n) is 14.9. The van der Waals surface area contributed by atoms with Crippen molar-refractivity contribution in [2.45, 2.75) is 44.3 Å². The van der Waals surface area contributed by atoms with E-state index in [2.05, 4.69) is 0 Å². The summed E-state index contributed by atoms with van der Waals surface area (Å²) < 4.78 is 22.0. The highest BCUT2D eigenvalue weighted by Gasteiger charge is 2.61. The van der Waals surface area contributed by atoms with Crippen LogP contribution in [0.2, 0.25) is 0 Å². The predicted molar refractivity (Wildman–Crippen MR) is 92.9 cm³/mol. The summed E-state index contributed by atoms with van der Waals surface area (Å²) in [6, 6.07) is 6.48. The fourth-order valence-electron chi connectivity index (χ4n) is 5.62. The molecular weight excluding hydrogens is 348 g/mol. The van der Waals surface area contributed by atoms with Gasteiger partial charge < -0.3 is 18.3 Å². The van der Waals surface area contributed by atoms with E-state index in [1.165, 1.54) is 38.2 Å². The first-order valence-electron chi connectivity index (χ1n) is 9.71. The van der Waals surface area contributed by atoms with Crippen LogP contribution in [0, 0.1) is 23.7 Å². The molecule has 6 atom stereocenters. The maximum absolute atomic E-state index is 12.5. The van der Waals surface area contributed by atoms with Gasteiger partial charge in [0.25, 0.3) is 0 Å². The highest BCUT2D eigenvalue weighted by atomic mass is 16.6. The van der Waals surface area contributed by atoms with Crippen molar-refractivity contribution in [1.82, 2.24) is 0 Å². The highest BCUT2D eigenvalue weighted by molar-refractivity contribution is 5.87. The highest BCUT2D eigenvalue weighted by Crippen LogP contribution is 2.59. The van der Waals surface area contributed by atoms with E-state index in [4.69, 9.17) is 18.3 Å². The number of hydrogen-bond donors (Lipinski definition) is 0. The Labute approximate surface area is 156 Å². The topological polar surface area (TPSA) is 78.9 Å². The van der Waals surface area contributed by atoms with Crippen LogP contribution in [0.25, 0.3) is 0 Å². The number of esters is 2. The fraction of sp³-hybridized carbons (Fsp3) is 0.524. The molecule has 2 aromatic rings. The van der Waals surface area contributed by atoms with E-state index in [9.17, 15) is 9.59 Å². The Kier molecular flexibility index (Phi) is 4.06. The number of hydrogen-bond acceptors (Lipinski definition) is 6. The van der Waals surface area contributed by atoms with Gasteiger partial charge in [0.2, 0.25) is 11.5 Å². The van der Waals surface area contributed by atoms with E-state index in [1.807, 2.05) is 0 Å². The minimum Gasteiger partial charge on any atom is -0.457 e. The first kappa shape index (κ1) is 16.7. The molecule has 0 aromatic carbocycles. The second kappa shape index (κ2) is 6.59. The van der Waals surface area contributed by atoms with Gasteiger partial charge in [-0.05, 0) is 55.4 Å².